The van der Waals surface area contributed by atoms with Crippen LogP contribution in [-0.4, -0.2) is 17.0 Å². The maximum absolute atomic E-state index is 4.77. The molecule has 0 saturated heterocycles. The second kappa shape index (κ2) is 5.17. The van der Waals surface area contributed by atoms with E-state index in [4.69, 9.17) is 9.97 Å². The normalized spacial score (nSPS) is 10.9. The van der Waals surface area contributed by atoms with E-state index in [1.54, 1.807) is 0 Å². The lowest BCUT2D eigenvalue weighted by Crippen LogP contribution is -2.01. The Kier molecular flexibility index (Phi) is 3.34. The van der Waals surface area contributed by atoms with E-state index in [0.29, 0.717) is 0 Å². The van der Waals surface area contributed by atoms with Gasteiger partial charge in [0, 0.05) is 18.0 Å². The summed E-state index contributed by atoms with van der Waals surface area (Å²) in [5, 5.41) is 4.30. The Morgan fingerprint density at radius 2 is 1.57 bits per heavy atom. The summed E-state index contributed by atoms with van der Waals surface area (Å²) < 4.78 is 0. The van der Waals surface area contributed by atoms with Crippen LogP contribution in [0.3, 0.4) is 0 Å². The highest BCUT2D eigenvalue weighted by Crippen LogP contribution is 2.29. The molecule has 0 saturated carbocycles. The van der Waals surface area contributed by atoms with Crippen molar-refractivity contribution in [2.75, 3.05) is 12.4 Å². The Balaban J connectivity index is 2.32. The monoisotopic (exact) mass is 277 g/mol. The Morgan fingerprint density at radius 3 is 2.33 bits per heavy atom. The van der Waals surface area contributed by atoms with Crippen molar-refractivity contribution < 1.29 is 0 Å². The second-order valence-corrected chi connectivity index (χ2v) is 5.36. The van der Waals surface area contributed by atoms with Crippen LogP contribution in [-0.2, 0) is 0 Å². The fourth-order valence-electron chi connectivity index (χ4n) is 2.65. The predicted molar refractivity (Wildman–Crippen MR) is 88.7 cm³/mol. The van der Waals surface area contributed by atoms with Crippen LogP contribution in [0.2, 0.25) is 0 Å². The molecule has 0 radical (unpaired) electrons. The van der Waals surface area contributed by atoms with Gasteiger partial charge in [0.1, 0.15) is 5.82 Å². The molecule has 1 aromatic heterocycles. The Bertz CT molecular complexity index is 822. The third kappa shape index (κ3) is 2.25. The maximum Gasteiger partial charge on any atom is 0.162 e. The number of fused-ring (bicyclic) bond motifs is 1. The minimum atomic E-state index is 0.777. The number of benzene rings is 2. The lowest BCUT2D eigenvalue weighted by atomic mass is 10.0. The van der Waals surface area contributed by atoms with Gasteiger partial charge in [-0.1, -0.05) is 30.3 Å². The van der Waals surface area contributed by atoms with E-state index in [0.717, 1.165) is 28.1 Å². The first-order valence-electron chi connectivity index (χ1n) is 7.13. The number of aryl methyl sites for hydroxylation is 2. The Labute approximate surface area is 125 Å². The molecule has 1 N–H and O–H groups in total. The molecule has 2 aromatic carbocycles. The van der Waals surface area contributed by atoms with Gasteiger partial charge in [-0.05, 0) is 43.5 Å². The minimum Gasteiger partial charge on any atom is -0.373 e. The molecule has 0 aliphatic carbocycles. The SMILES string of the molecule is CNc1nc(-c2cccc(C)c2C)nc2cccc(C)c12. The van der Waals surface area contributed by atoms with Gasteiger partial charge in [0.25, 0.3) is 0 Å². The van der Waals surface area contributed by atoms with Crippen molar-refractivity contribution in [1.82, 2.24) is 9.97 Å². The zero-order valence-corrected chi connectivity index (χ0v) is 12.9. The average molecular weight is 277 g/mol. The molecule has 0 aliphatic rings. The van der Waals surface area contributed by atoms with E-state index < -0.39 is 0 Å². The van der Waals surface area contributed by atoms with Crippen LogP contribution in [0, 0.1) is 20.8 Å². The number of hydrogen-bond donors (Lipinski definition) is 1. The predicted octanol–water partition coefficient (Wildman–Crippen LogP) is 4.26. The number of anilines is 1. The van der Waals surface area contributed by atoms with Gasteiger partial charge < -0.3 is 5.32 Å². The first-order chi connectivity index (χ1) is 10.1. The van der Waals surface area contributed by atoms with Crippen LogP contribution < -0.4 is 5.32 Å². The number of hydrogen-bond acceptors (Lipinski definition) is 3. The van der Waals surface area contributed by atoms with Crippen molar-refractivity contribution in [3.05, 3.63) is 53.1 Å². The van der Waals surface area contributed by atoms with Gasteiger partial charge in [-0.25, -0.2) is 9.97 Å². The third-order valence-corrected chi connectivity index (χ3v) is 4.01. The summed E-state index contributed by atoms with van der Waals surface area (Å²) >= 11 is 0. The van der Waals surface area contributed by atoms with Crippen molar-refractivity contribution in [1.29, 1.82) is 0 Å². The summed E-state index contributed by atoms with van der Waals surface area (Å²) in [5.41, 5.74) is 5.74. The maximum atomic E-state index is 4.77. The van der Waals surface area contributed by atoms with E-state index >= 15 is 0 Å². The van der Waals surface area contributed by atoms with E-state index in [9.17, 15) is 0 Å². The fraction of sp³-hybridized carbons (Fsp3) is 0.222. The van der Waals surface area contributed by atoms with Gasteiger partial charge in [0.15, 0.2) is 5.82 Å². The first kappa shape index (κ1) is 13.6. The summed E-state index contributed by atoms with van der Waals surface area (Å²) in [6, 6.07) is 12.4. The van der Waals surface area contributed by atoms with Gasteiger partial charge in [-0.3, -0.25) is 0 Å². The molecule has 0 aliphatic heterocycles. The highest BCUT2D eigenvalue weighted by atomic mass is 15.0. The van der Waals surface area contributed by atoms with Gasteiger partial charge in [-0.15, -0.1) is 0 Å². The quantitative estimate of drug-likeness (QED) is 0.760. The molecule has 21 heavy (non-hydrogen) atoms. The van der Waals surface area contributed by atoms with Crippen LogP contribution in [0.1, 0.15) is 16.7 Å². The summed E-state index contributed by atoms with van der Waals surface area (Å²) in [4.78, 5) is 9.50. The Hall–Kier alpha value is -2.42. The molecule has 3 aromatic rings. The van der Waals surface area contributed by atoms with Crippen LogP contribution in [0.15, 0.2) is 36.4 Å². The molecule has 0 unspecified atom stereocenters. The zero-order valence-electron chi connectivity index (χ0n) is 12.9. The summed E-state index contributed by atoms with van der Waals surface area (Å²) in [6.45, 7) is 6.32. The lowest BCUT2D eigenvalue weighted by Gasteiger charge is -2.12. The number of aromatic nitrogens is 2. The van der Waals surface area contributed by atoms with Gasteiger partial charge in [0.2, 0.25) is 0 Å². The highest BCUT2D eigenvalue weighted by molar-refractivity contribution is 5.93. The van der Waals surface area contributed by atoms with Gasteiger partial charge in [0.05, 0.1) is 5.52 Å². The van der Waals surface area contributed by atoms with Crippen molar-refractivity contribution >= 4 is 16.7 Å². The molecular weight excluding hydrogens is 258 g/mol. The van der Waals surface area contributed by atoms with Crippen LogP contribution in [0.25, 0.3) is 22.3 Å². The van der Waals surface area contributed by atoms with Crippen molar-refractivity contribution in [3.63, 3.8) is 0 Å². The average Bonchev–Trinajstić information content (AvgIpc) is 2.49. The van der Waals surface area contributed by atoms with Gasteiger partial charge >= 0.3 is 0 Å². The first-order valence-corrected chi connectivity index (χ1v) is 7.13. The summed E-state index contributed by atoms with van der Waals surface area (Å²) in [7, 11) is 1.90. The Morgan fingerprint density at radius 1 is 0.857 bits per heavy atom. The molecule has 0 atom stereocenters. The molecule has 0 bridgehead atoms. The molecule has 3 nitrogen and oxygen atoms in total. The smallest absolute Gasteiger partial charge is 0.162 e. The number of nitrogens with zero attached hydrogens (tertiary/aromatic N) is 2. The fourth-order valence-corrected chi connectivity index (χ4v) is 2.65. The molecule has 3 rings (SSSR count). The van der Waals surface area contributed by atoms with E-state index in [-0.39, 0.29) is 0 Å². The second-order valence-electron chi connectivity index (χ2n) is 5.36. The standard InChI is InChI=1S/C18H19N3/c1-11-7-5-9-14(13(11)3)17-20-15-10-6-8-12(2)16(15)18(19-4)21-17/h5-10H,1-4H3,(H,19,20,21). The van der Waals surface area contributed by atoms with Gasteiger partial charge in [-0.2, -0.15) is 0 Å². The molecule has 106 valence electrons. The summed E-state index contributed by atoms with van der Waals surface area (Å²) in [6.07, 6.45) is 0. The number of nitrogens with one attached hydrogen (secondary N) is 1. The van der Waals surface area contributed by atoms with E-state index in [1.807, 2.05) is 19.2 Å². The molecule has 1 heterocycles. The van der Waals surface area contributed by atoms with E-state index in [1.165, 1.54) is 16.7 Å². The van der Waals surface area contributed by atoms with E-state index in [2.05, 4.69) is 50.4 Å². The van der Waals surface area contributed by atoms with Crippen molar-refractivity contribution in [2.45, 2.75) is 20.8 Å². The van der Waals surface area contributed by atoms with Crippen molar-refractivity contribution in [2.24, 2.45) is 0 Å². The van der Waals surface area contributed by atoms with Crippen molar-refractivity contribution in [3.8, 4) is 11.4 Å². The largest absolute Gasteiger partial charge is 0.373 e. The highest BCUT2D eigenvalue weighted by Gasteiger charge is 2.12. The number of rotatable bonds is 2. The zero-order chi connectivity index (χ0) is 15.0. The van der Waals surface area contributed by atoms with Crippen LogP contribution >= 0.6 is 0 Å². The van der Waals surface area contributed by atoms with Crippen LogP contribution in [0.5, 0.6) is 0 Å². The molecule has 0 amide bonds. The minimum absolute atomic E-state index is 0.777. The molecule has 0 fully saturated rings. The summed E-state index contributed by atoms with van der Waals surface area (Å²) in [5.74, 6) is 1.66. The molecular formula is C18H19N3. The topological polar surface area (TPSA) is 37.8 Å². The molecule has 3 heteroatoms. The van der Waals surface area contributed by atoms with Crippen LogP contribution in [0.4, 0.5) is 5.82 Å². The molecule has 0 spiro atoms. The lowest BCUT2D eigenvalue weighted by molar-refractivity contribution is 1.19. The third-order valence-electron chi connectivity index (χ3n) is 4.01.